The Morgan fingerprint density at radius 2 is 1.75 bits per heavy atom. The molecule has 0 radical (unpaired) electrons. The van der Waals surface area contributed by atoms with Gasteiger partial charge in [0.1, 0.15) is 5.58 Å². The Kier molecular flexibility index (Phi) is 2.58. The van der Waals surface area contributed by atoms with Crippen molar-refractivity contribution in [3.63, 3.8) is 0 Å². The van der Waals surface area contributed by atoms with Gasteiger partial charge in [0, 0.05) is 10.9 Å². The molecule has 0 N–H and O–H groups in total. The van der Waals surface area contributed by atoms with Crippen LogP contribution >= 0.6 is 0 Å². The van der Waals surface area contributed by atoms with Crippen LogP contribution in [0.1, 0.15) is 36.5 Å². The molecule has 0 fully saturated rings. The highest BCUT2D eigenvalue weighted by molar-refractivity contribution is 5.83. The number of hydrogen-bond acceptors (Lipinski definition) is 2. The maximum atomic E-state index is 11.8. The highest BCUT2D eigenvalue weighted by Crippen LogP contribution is 2.23. The molecule has 2 rings (SSSR count). The second-order valence-electron chi connectivity index (χ2n) is 4.59. The molecule has 1 aromatic carbocycles. The summed E-state index contributed by atoms with van der Waals surface area (Å²) in [5.41, 5.74) is 3.41. The SMILES string of the molecule is Cc1ccc(C)c2oc(=O)c(C(C)C)cc12. The van der Waals surface area contributed by atoms with Crippen LogP contribution in [0.5, 0.6) is 0 Å². The molecule has 0 bridgehead atoms. The summed E-state index contributed by atoms with van der Waals surface area (Å²) in [5.74, 6) is 0.195. The number of aryl methyl sites for hydroxylation is 2. The van der Waals surface area contributed by atoms with Gasteiger partial charge < -0.3 is 4.42 Å². The zero-order valence-corrected chi connectivity index (χ0v) is 10.1. The van der Waals surface area contributed by atoms with Gasteiger partial charge in [-0.15, -0.1) is 0 Å². The van der Waals surface area contributed by atoms with Gasteiger partial charge in [0.25, 0.3) is 0 Å². The predicted molar refractivity (Wildman–Crippen MR) is 66.0 cm³/mol. The first-order valence-electron chi connectivity index (χ1n) is 5.54. The third-order valence-corrected chi connectivity index (χ3v) is 2.96. The van der Waals surface area contributed by atoms with E-state index in [0.29, 0.717) is 0 Å². The predicted octanol–water partition coefficient (Wildman–Crippen LogP) is 3.53. The number of fused-ring (bicyclic) bond motifs is 1. The molecule has 0 amide bonds. The van der Waals surface area contributed by atoms with Crippen LogP contribution in [-0.4, -0.2) is 0 Å². The average molecular weight is 216 g/mol. The van der Waals surface area contributed by atoms with Gasteiger partial charge in [-0.05, 0) is 37.0 Å². The van der Waals surface area contributed by atoms with Gasteiger partial charge in [0.05, 0.1) is 0 Å². The van der Waals surface area contributed by atoms with E-state index in [1.807, 2.05) is 39.8 Å². The van der Waals surface area contributed by atoms with E-state index < -0.39 is 0 Å². The lowest BCUT2D eigenvalue weighted by molar-refractivity contribution is 0.542. The summed E-state index contributed by atoms with van der Waals surface area (Å²) in [4.78, 5) is 11.8. The van der Waals surface area contributed by atoms with Gasteiger partial charge >= 0.3 is 5.63 Å². The third kappa shape index (κ3) is 1.64. The third-order valence-electron chi connectivity index (χ3n) is 2.96. The van der Waals surface area contributed by atoms with Crippen LogP contribution in [0.4, 0.5) is 0 Å². The first-order chi connectivity index (χ1) is 7.50. The van der Waals surface area contributed by atoms with E-state index in [-0.39, 0.29) is 11.5 Å². The molecule has 0 saturated heterocycles. The minimum absolute atomic E-state index is 0.195. The lowest BCUT2D eigenvalue weighted by atomic mass is 10.0. The Balaban J connectivity index is 2.89. The minimum atomic E-state index is -0.212. The average Bonchev–Trinajstić information content (AvgIpc) is 2.23. The Bertz CT molecular complexity index is 591. The first-order valence-corrected chi connectivity index (χ1v) is 5.54. The van der Waals surface area contributed by atoms with Crippen molar-refractivity contribution in [2.75, 3.05) is 0 Å². The van der Waals surface area contributed by atoms with E-state index in [1.165, 1.54) is 0 Å². The van der Waals surface area contributed by atoms with Crippen LogP contribution in [0.2, 0.25) is 0 Å². The fourth-order valence-corrected chi connectivity index (χ4v) is 1.89. The van der Waals surface area contributed by atoms with E-state index in [4.69, 9.17) is 4.42 Å². The van der Waals surface area contributed by atoms with Crippen molar-refractivity contribution in [2.45, 2.75) is 33.6 Å². The molecule has 0 atom stereocenters. The smallest absolute Gasteiger partial charge is 0.339 e. The van der Waals surface area contributed by atoms with Gasteiger partial charge in [0.2, 0.25) is 0 Å². The summed E-state index contributed by atoms with van der Waals surface area (Å²) in [6.45, 7) is 8.00. The molecular weight excluding hydrogens is 200 g/mol. The van der Waals surface area contributed by atoms with Gasteiger partial charge in [-0.3, -0.25) is 0 Å². The lowest BCUT2D eigenvalue weighted by Gasteiger charge is -2.08. The standard InChI is InChI=1S/C14H16O2/c1-8(2)11-7-12-9(3)5-6-10(4)13(12)16-14(11)15/h5-8H,1-4H3. The molecule has 0 spiro atoms. The maximum absolute atomic E-state index is 11.8. The van der Waals surface area contributed by atoms with Gasteiger partial charge in [0.15, 0.2) is 0 Å². The van der Waals surface area contributed by atoms with Crippen molar-refractivity contribution in [3.05, 3.63) is 45.3 Å². The van der Waals surface area contributed by atoms with E-state index in [0.717, 1.165) is 27.7 Å². The molecule has 0 aliphatic heterocycles. The first kappa shape index (κ1) is 10.9. The quantitative estimate of drug-likeness (QED) is 0.682. The zero-order valence-electron chi connectivity index (χ0n) is 10.1. The molecule has 1 aromatic heterocycles. The molecule has 0 saturated carbocycles. The minimum Gasteiger partial charge on any atom is -0.422 e. The Morgan fingerprint density at radius 3 is 2.38 bits per heavy atom. The van der Waals surface area contributed by atoms with E-state index >= 15 is 0 Å². The monoisotopic (exact) mass is 216 g/mol. The summed E-state index contributed by atoms with van der Waals surface area (Å²) >= 11 is 0. The van der Waals surface area contributed by atoms with Crippen molar-refractivity contribution < 1.29 is 4.42 Å². The van der Waals surface area contributed by atoms with Crippen molar-refractivity contribution in [2.24, 2.45) is 0 Å². The van der Waals surface area contributed by atoms with Crippen molar-refractivity contribution in [1.29, 1.82) is 0 Å². The summed E-state index contributed by atoms with van der Waals surface area (Å²) in [5, 5.41) is 1.04. The zero-order chi connectivity index (χ0) is 11.9. The molecule has 2 aromatic rings. The molecule has 0 aliphatic rings. The van der Waals surface area contributed by atoms with Gasteiger partial charge in [-0.1, -0.05) is 26.0 Å². The van der Waals surface area contributed by atoms with Crippen molar-refractivity contribution >= 4 is 11.0 Å². The van der Waals surface area contributed by atoms with Crippen LogP contribution in [0, 0.1) is 13.8 Å². The van der Waals surface area contributed by atoms with Crippen LogP contribution in [0.3, 0.4) is 0 Å². The summed E-state index contributed by atoms with van der Waals surface area (Å²) < 4.78 is 5.41. The van der Waals surface area contributed by atoms with Gasteiger partial charge in [-0.2, -0.15) is 0 Å². The molecule has 2 heteroatoms. The molecule has 2 nitrogen and oxygen atoms in total. The molecule has 16 heavy (non-hydrogen) atoms. The largest absolute Gasteiger partial charge is 0.422 e. The molecule has 0 unspecified atom stereocenters. The highest BCUT2D eigenvalue weighted by atomic mass is 16.4. The number of benzene rings is 1. The van der Waals surface area contributed by atoms with Crippen LogP contribution < -0.4 is 5.63 Å². The summed E-state index contributed by atoms with van der Waals surface area (Å²) in [6.07, 6.45) is 0. The van der Waals surface area contributed by atoms with Crippen LogP contribution in [-0.2, 0) is 0 Å². The van der Waals surface area contributed by atoms with Crippen LogP contribution in [0.25, 0.3) is 11.0 Å². The number of hydrogen-bond donors (Lipinski definition) is 0. The Labute approximate surface area is 94.9 Å². The highest BCUT2D eigenvalue weighted by Gasteiger charge is 2.11. The summed E-state index contributed by atoms with van der Waals surface area (Å²) in [7, 11) is 0. The summed E-state index contributed by atoms with van der Waals surface area (Å²) in [6, 6.07) is 6.01. The van der Waals surface area contributed by atoms with Crippen molar-refractivity contribution in [3.8, 4) is 0 Å². The van der Waals surface area contributed by atoms with Crippen LogP contribution in [0.15, 0.2) is 27.4 Å². The van der Waals surface area contributed by atoms with E-state index in [2.05, 4.69) is 6.07 Å². The molecule has 1 heterocycles. The number of rotatable bonds is 1. The second kappa shape index (κ2) is 3.78. The second-order valence-corrected chi connectivity index (χ2v) is 4.59. The molecular formula is C14H16O2. The topological polar surface area (TPSA) is 30.2 Å². The van der Waals surface area contributed by atoms with E-state index in [1.54, 1.807) is 0 Å². The lowest BCUT2D eigenvalue weighted by Crippen LogP contribution is -2.09. The maximum Gasteiger partial charge on any atom is 0.339 e. The molecule has 0 aliphatic carbocycles. The Hall–Kier alpha value is -1.57. The van der Waals surface area contributed by atoms with Crippen molar-refractivity contribution in [1.82, 2.24) is 0 Å². The van der Waals surface area contributed by atoms with E-state index in [9.17, 15) is 4.79 Å². The molecule has 84 valence electrons. The fourth-order valence-electron chi connectivity index (χ4n) is 1.89. The fraction of sp³-hybridized carbons (Fsp3) is 0.357. The van der Waals surface area contributed by atoms with Gasteiger partial charge in [-0.25, -0.2) is 4.79 Å². The normalized spacial score (nSPS) is 11.3. The Morgan fingerprint density at radius 1 is 1.12 bits per heavy atom.